The molecule has 1 unspecified atom stereocenters. The Morgan fingerprint density at radius 2 is 1.79 bits per heavy atom. The average molecular weight is 257 g/mol. The van der Waals surface area contributed by atoms with Gasteiger partial charge in [0.15, 0.2) is 5.78 Å². The number of rotatable bonds is 5. The molecule has 3 nitrogen and oxygen atoms in total. The summed E-state index contributed by atoms with van der Waals surface area (Å²) in [6.45, 7) is 0. The molecule has 1 aromatic heterocycles. The highest BCUT2D eigenvalue weighted by Gasteiger charge is 2.21. The highest BCUT2D eigenvalue weighted by atomic mass is 19.1. The van der Waals surface area contributed by atoms with Crippen molar-refractivity contribution in [2.45, 2.75) is 12.3 Å². The van der Waals surface area contributed by atoms with E-state index in [1.165, 1.54) is 24.3 Å². The Morgan fingerprint density at radius 3 is 2.37 bits per heavy atom. The average Bonchev–Trinajstić information content (AvgIpc) is 2.46. The molecule has 0 aliphatic rings. The molecule has 19 heavy (non-hydrogen) atoms. The minimum absolute atomic E-state index is 0.0974. The van der Waals surface area contributed by atoms with Crippen LogP contribution in [-0.4, -0.2) is 17.1 Å². The van der Waals surface area contributed by atoms with Gasteiger partial charge in [-0.05, 0) is 42.0 Å². The van der Waals surface area contributed by atoms with Crippen LogP contribution in [0.2, 0.25) is 0 Å². The quantitative estimate of drug-likeness (QED) is 0.611. The van der Waals surface area contributed by atoms with E-state index in [1.807, 2.05) is 0 Å². The van der Waals surface area contributed by atoms with Crippen LogP contribution in [0.15, 0.2) is 48.8 Å². The zero-order valence-corrected chi connectivity index (χ0v) is 10.1. The van der Waals surface area contributed by atoms with Crippen molar-refractivity contribution >= 4 is 12.1 Å². The van der Waals surface area contributed by atoms with E-state index in [2.05, 4.69) is 4.98 Å². The molecule has 0 bridgehead atoms. The minimum Gasteiger partial charge on any atom is -0.303 e. The summed E-state index contributed by atoms with van der Waals surface area (Å²) >= 11 is 0. The van der Waals surface area contributed by atoms with Gasteiger partial charge in [-0.1, -0.05) is 0 Å². The molecule has 0 radical (unpaired) electrons. The zero-order chi connectivity index (χ0) is 13.7. The van der Waals surface area contributed by atoms with Gasteiger partial charge in [0.2, 0.25) is 0 Å². The number of benzene rings is 1. The van der Waals surface area contributed by atoms with Crippen molar-refractivity contribution in [2.75, 3.05) is 0 Å². The van der Waals surface area contributed by atoms with Crippen LogP contribution in [0, 0.1) is 5.82 Å². The topological polar surface area (TPSA) is 47.0 Å². The second-order valence-electron chi connectivity index (χ2n) is 4.11. The summed E-state index contributed by atoms with van der Waals surface area (Å²) in [4.78, 5) is 27.0. The zero-order valence-electron chi connectivity index (χ0n) is 10.1. The van der Waals surface area contributed by atoms with Gasteiger partial charge in [-0.2, -0.15) is 0 Å². The largest absolute Gasteiger partial charge is 0.303 e. The van der Waals surface area contributed by atoms with Crippen molar-refractivity contribution in [3.63, 3.8) is 0 Å². The lowest BCUT2D eigenvalue weighted by Crippen LogP contribution is -2.13. The lowest BCUT2D eigenvalue weighted by atomic mass is 9.89. The van der Waals surface area contributed by atoms with E-state index in [0.717, 1.165) is 5.56 Å². The Labute approximate surface area is 110 Å². The number of carbonyl (C=O) groups excluding carboxylic acids is 2. The number of aromatic nitrogens is 1. The first-order valence-electron chi connectivity index (χ1n) is 5.85. The Morgan fingerprint density at radius 1 is 1.16 bits per heavy atom. The van der Waals surface area contributed by atoms with Gasteiger partial charge < -0.3 is 4.79 Å². The van der Waals surface area contributed by atoms with Gasteiger partial charge in [0.1, 0.15) is 12.1 Å². The molecule has 0 fully saturated rings. The van der Waals surface area contributed by atoms with E-state index >= 15 is 0 Å². The molecule has 0 spiro atoms. The van der Waals surface area contributed by atoms with Gasteiger partial charge in [0.25, 0.3) is 0 Å². The van der Waals surface area contributed by atoms with Crippen molar-refractivity contribution in [2.24, 2.45) is 0 Å². The van der Waals surface area contributed by atoms with E-state index in [0.29, 0.717) is 11.8 Å². The molecule has 2 rings (SSSR count). The van der Waals surface area contributed by atoms with Crippen LogP contribution in [0.5, 0.6) is 0 Å². The van der Waals surface area contributed by atoms with Gasteiger partial charge in [0.05, 0.1) is 5.92 Å². The fourth-order valence-electron chi connectivity index (χ4n) is 1.90. The van der Waals surface area contributed by atoms with Crippen LogP contribution >= 0.6 is 0 Å². The summed E-state index contributed by atoms with van der Waals surface area (Å²) in [6.07, 6.45) is 3.96. The first kappa shape index (κ1) is 13.1. The normalized spacial score (nSPS) is 11.8. The molecule has 1 heterocycles. The van der Waals surface area contributed by atoms with Crippen LogP contribution in [0.1, 0.15) is 28.3 Å². The lowest BCUT2D eigenvalue weighted by Gasteiger charge is -2.13. The molecule has 0 saturated heterocycles. The van der Waals surface area contributed by atoms with Crippen LogP contribution in [0.25, 0.3) is 0 Å². The maximum atomic E-state index is 12.8. The fraction of sp³-hybridized carbons (Fsp3) is 0.133. The van der Waals surface area contributed by atoms with Crippen molar-refractivity contribution in [3.05, 3.63) is 65.7 Å². The molecular formula is C15H12FNO2. The molecule has 1 aromatic carbocycles. The molecule has 2 aromatic rings. The standard InChI is InChI=1S/C15H12FNO2/c16-13-3-1-12(2-4-13)15(19)14(7-10-18)11-5-8-17-9-6-11/h1-6,8-10,14H,7H2. The summed E-state index contributed by atoms with van der Waals surface area (Å²) < 4.78 is 12.8. The van der Waals surface area contributed by atoms with E-state index in [9.17, 15) is 14.0 Å². The van der Waals surface area contributed by atoms with Crippen molar-refractivity contribution < 1.29 is 14.0 Å². The number of hydrogen-bond acceptors (Lipinski definition) is 3. The van der Waals surface area contributed by atoms with Crippen molar-refractivity contribution in [1.82, 2.24) is 4.98 Å². The highest BCUT2D eigenvalue weighted by molar-refractivity contribution is 6.01. The summed E-state index contributed by atoms with van der Waals surface area (Å²) in [6, 6.07) is 8.73. The van der Waals surface area contributed by atoms with E-state index in [-0.39, 0.29) is 12.2 Å². The third kappa shape index (κ3) is 3.10. The van der Waals surface area contributed by atoms with E-state index in [1.54, 1.807) is 24.5 Å². The second-order valence-corrected chi connectivity index (χ2v) is 4.11. The number of nitrogens with zero attached hydrogens (tertiary/aromatic N) is 1. The smallest absolute Gasteiger partial charge is 0.170 e. The Hall–Kier alpha value is -2.36. The number of halogens is 1. The minimum atomic E-state index is -0.550. The molecule has 0 N–H and O–H groups in total. The summed E-state index contributed by atoms with van der Waals surface area (Å²) in [5.74, 6) is -1.14. The number of hydrogen-bond donors (Lipinski definition) is 0. The summed E-state index contributed by atoms with van der Waals surface area (Å²) in [7, 11) is 0. The maximum Gasteiger partial charge on any atom is 0.170 e. The summed E-state index contributed by atoms with van der Waals surface area (Å²) in [5.41, 5.74) is 1.13. The van der Waals surface area contributed by atoms with Crippen LogP contribution in [0.3, 0.4) is 0 Å². The van der Waals surface area contributed by atoms with Gasteiger partial charge >= 0.3 is 0 Å². The van der Waals surface area contributed by atoms with Gasteiger partial charge in [-0.15, -0.1) is 0 Å². The van der Waals surface area contributed by atoms with Gasteiger partial charge in [0, 0.05) is 24.4 Å². The first-order valence-corrected chi connectivity index (χ1v) is 5.85. The third-order valence-electron chi connectivity index (χ3n) is 2.89. The SMILES string of the molecule is O=CCC(C(=O)c1ccc(F)cc1)c1ccncc1. The molecule has 0 amide bonds. The number of ketones is 1. The fourth-order valence-corrected chi connectivity index (χ4v) is 1.90. The van der Waals surface area contributed by atoms with Crippen LogP contribution < -0.4 is 0 Å². The predicted octanol–water partition coefficient (Wildman–Crippen LogP) is 2.78. The molecular weight excluding hydrogens is 245 g/mol. The first-order chi connectivity index (χ1) is 9.22. The Bertz CT molecular complexity index is 566. The molecule has 0 saturated carbocycles. The van der Waals surface area contributed by atoms with Crippen LogP contribution in [-0.2, 0) is 4.79 Å². The molecule has 0 aliphatic carbocycles. The molecule has 4 heteroatoms. The Balaban J connectivity index is 2.31. The van der Waals surface area contributed by atoms with E-state index < -0.39 is 11.7 Å². The summed E-state index contributed by atoms with van der Waals surface area (Å²) in [5, 5.41) is 0. The highest BCUT2D eigenvalue weighted by Crippen LogP contribution is 2.23. The van der Waals surface area contributed by atoms with Gasteiger partial charge in [-0.25, -0.2) is 4.39 Å². The molecule has 96 valence electrons. The van der Waals surface area contributed by atoms with Crippen LogP contribution in [0.4, 0.5) is 4.39 Å². The number of Topliss-reactive ketones (excluding diaryl/α,β-unsaturated/α-hetero) is 1. The van der Waals surface area contributed by atoms with E-state index in [4.69, 9.17) is 0 Å². The third-order valence-corrected chi connectivity index (χ3v) is 2.89. The number of carbonyl (C=O) groups is 2. The van der Waals surface area contributed by atoms with Crippen molar-refractivity contribution in [1.29, 1.82) is 0 Å². The lowest BCUT2D eigenvalue weighted by molar-refractivity contribution is -0.108. The monoisotopic (exact) mass is 257 g/mol. The molecule has 0 aliphatic heterocycles. The number of pyridine rings is 1. The predicted molar refractivity (Wildman–Crippen MR) is 68.4 cm³/mol. The second kappa shape index (κ2) is 6.00. The maximum absolute atomic E-state index is 12.8. The van der Waals surface area contributed by atoms with Crippen molar-refractivity contribution in [3.8, 4) is 0 Å². The molecule has 1 atom stereocenters. The Kier molecular flexibility index (Phi) is 4.13. The van der Waals surface area contributed by atoms with Gasteiger partial charge in [-0.3, -0.25) is 9.78 Å². The number of aldehydes is 1.